The van der Waals surface area contributed by atoms with Crippen molar-refractivity contribution in [2.75, 3.05) is 0 Å². The number of carbonyl (C=O) groups excluding carboxylic acids is 1. The third kappa shape index (κ3) is 2.65. The number of hydrogen-bond acceptors (Lipinski definition) is 1. The maximum absolute atomic E-state index is 11.4. The topological polar surface area (TPSA) is 17.1 Å². The van der Waals surface area contributed by atoms with Gasteiger partial charge in [-0.1, -0.05) is 24.3 Å². The Kier molecular flexibility index (Phi) is 3.65. The SMILES string of the molecule is CC(Cl)c1ccc(C2CCCC(=O)C2)cc1. The molecule has 2 unspecified atom stereocenters. The maximum atomic E-state index is 11.4. The van der Waals surface area contributed by atoms with Crippen LogP contribution in [0.3, 0.4) is 0 Å². The Bertz CT molecular complexity index is 367. The van der Waals surface area contributed by atoms with Crippen LogP contribution in [0.5, 0.6) is 0 Å². The minimum Gasteiger partial charge on any atom is -0.300 e. The largest absolute Gasteiger partial charge is 0.300 e. The number of ketones is 1. The molecular weight excluding hydrogens is 220 g/mol. The van der Waals surface area contributed by atoms with Gasteiger partial charge < -0.3 is 0 Å². The molecule has 0 N–H and O–H groups in total. The first kappa shape index (κ1) is 11.7. The lowest BCUT2D eigenvalue weighted by Gasteiger charge is -2.21. The van der Waals surface area contributed by atoms with Crippen LogP contribution in [0, 0.1) is 0 Å². The Morgan fingerprint density at radius 3 is 2.56 bits per heavy atom. The smallest absolute Gasteiger partial charge is 0.133 e. The van der Waals surface area contributed by atoms with Gasteiger partial charge in [-0.15, -0.1) is 11.6 Å². The van der Waals surface area contributed by atoms with E-state index in [-0.39, 0.29) is 5.38 Å². The van der Waals surface area contributed by atoms with E-state index in [4.69, 9.17) is 11.6 Å². The third-order valence-corrected chi connectivity index (χ3v) is 3.60. The predicted molar refractivity (Wildman–Crippen MR) is 66.9 cm³/mol. The van der Waals surface area contributed by atoms with Crippen molar-refractivity contribution in [2.24, 2.45) is 0 Å². The monoisotopic (exact) mass is 236 g/mol. The first-order valence-electron chi connectivity index (χ1n) is 5.92. The fourth-order valence-corrected chi connectivity index (χ4v) is 2.49. The van der Waals surface area contributed by atoms with E-state index in [0.717, 1.165) is 31.2 Å². The van der Waals surface area contributed by atoms with Crippen molar-refractivity contribution in [1.29, 1.82) is 0 Å². The zero-order valence-electron chi connectivity index (χ0n) is 9.58. The van der Waals surface area contributed by atoms with Crippen LogP contribution in [0.25, 0.3) is 0 Å². The highest BCUT2D eigenvalue weighted by Crippen LogP contribution is 2.31. The molecular formula is C14H17ClO. The first-order valence-corrected chi connectivity index (χ1v) is 6.36. The average molecular weight is 237 g/mol. The molecule has 0 aromatic heterocycles. The molecule has 0 aliphatic heterocycles. The molecule has 2 heteroatoms. The van der Waals surface area contributed by atoms with Gasteiger partial charge >= 0.3 is 0 Å². The molecule has 1 aromatic carbocycles. The van der Waals surface area contributed by atoms with Crippen LogP contribution in [-0.2, 0) is 4.79 Å². The second-order valence-electron chi connectivity index (χ2n) is 4.61. The number of benzene rings is 1. The van der Waals surface area contributed by atoms with E-state index in [9.17, 15) is 4.79 Å². The number of alkyl halides is 1. The highest BCUT2D eigenvalue weighted by atomic mass is 35.5. The summed E-state index contributed by atoms with van der Waals surface area (Å²) >= 11 is 6.01. The lowest BCUT2D eigenvalue weighted by molar-refractivity contribution is -0.120. The Labute approximate surface area is 102 Å². The minimum atomic E-state index is 0.0574. The van der Waals surface area contributed by atoms with E-state index >= 15 is 0 Å². The molecule has 1 nitrogen and oxygen atoms in total. The zero-order valence-corrected chi connectivity index (χ0v) is 10.3. The minimum absolute atomic E-state index is 0.0574. The number of Topliss-reactive ketones (excluding diaryl/α,β-unsaturated/α-hetero) is 1. The van der Waals surface area contributed by atoms with Gasteiger partial charge in [-0.25, -0.2) is 0 Å². The van der Waals surface area contributed by atoms with Crippen molar-refractivity contribution in [3.05, 3.63) is 35.4 Å². The van der Waals surface area contributed by atoms with E-state index in [1.54, 1.807) is 0 Å². The summed E-state index contributed by atoms with van der Waals surface area (Å²) in [6.07, 6.45) is 3.67. The van der Waals surface area contributed by atoms with Crippen molar-refractivity contribution in [2.45, 2.75) is 43.9 Å². The second-order valence-corrected chi connectivity index (χ2v) is 5.27. The van der Waals surface area contributed by atoms with Crippen LogP contribution < -0.4 is 0 Å². The quantitative estimate of drug-likeness (QED) is 0.703. The Balaban J connectivity index is 2.11. The first-order chi connectivity index (χ1) is 7.66. The molecule has 0 bridgehead atoms. The molecule has 2 rings (SSSR count). The van der Waals surface area contributed by atoms with Crippen LogP contribution >= 0.6 is 11.6 Å². The summed E-state index contributed by atoms with van der Waals surface area (Å²) < 4.78 is 0. The van der Waals surface area contributed by atoms with Gasteiger partial charge in [-0.2, -0.15) is 0 Å². The molecule has 0 amide bonds. The summed E-state index contributed by atoms with van der Waals surface area (Å²) in [7, 11) is 0. The molecule has 1 saturated carbocycles. The molecule has 2 atom stereocenters. The Morgan fingerprint density at radius 2 is 2.00 bits per heavy atom. The molecule has 1 aliphatic carbocycles. The lowest BCUT2D eigenvalue weighted by atomic mass is 9.83. The summed E-state index contributed by atoms with van der Waals surface area (Å²) in [6.45, 7) is 1.97. The summed E-state index contributed by atoms with van der Waals surface area (Å²) in [6, 6.07) is 8.40. The number of rotatable bonds is 2. The zero-order chi connectivity index (χ0) is 11.5. The predicted octanol–water partition coefficient (Wildman–Crippen LogP) is 4.21. The molecule has 0 spiro atoms. The van der Waals surface area contributed by atoms with Gasteiger partial charge in [0.1, 0.15) is 5.78 Å². The highest BCUT2D eigenvalue weighted by Gasteiger charge is 2.20. The Morgan fingerprint density at radius 1 is 1.31 bits per heavy atom. The van der Waals surface area contributed by atoms with Gasteiger partial charge in [0.25, 0.3) is 0 Å². The van der Waals surface area contributed by atoms with Crippen LogP contribution in [0.2, 0.25) is 0 Å². The number of carbonyl (C=O) groups is 1. The van der Waals surface area contributed by atoms with E-state index in [1.165, 1.54) is 5.56 Å². The van der Waals surface area contributed by atoms with Crippen molar-refractivity contribution in [1.82, 2.24) is 0 Å². The highest BCUT2D eigenvalue weighted by molar-refractivity contribution is 6.20. The molecule has 1 aromatic rings. The molecule has 0 saturated heterocycles. The van der Waals surface area contributed by atoms with Crippen molar-refractivity contribution in [3.8, 4) is 0 Å². The average Bonchev–Trinajstić information content (AvgIpc) is 2.29. The van der Waals surface area contributed by atoms with Gasteiger partial charge in [0.05, 0.1) is 5.38 Å². The van der Waals surface area contributed by atoms with Gasteiger partial charge in [0.15, 0.2) is 0 Å². The summed E-state index contributed by atoms with van der Waals surface area (Å²) in [5.74, 6) is 0.840. The molecule has 16 heavy (non-hydrogen) atoms. The lowest BCUT2D eigenvalue weighted by Crippen LogP contribution is -2.13. The maximum Gasteiger partial charge on any atom is 0.133 e. The van der Waals surface area contributed by atoms with Crippen LogP contribution in [-0.4, -0.2) is 5.78 Å². The van der Waals surface area contributed by atoms with E-state index < -0.39 is 0 Å². The molecule has 1 fully saturated rings. The van der Waals surface area contributed by atoms with Crippen molar-refractivity contribution >= 4 is 17.4 Å². The number of hydrogen-bond donors (Lipinski definition) is 0. The van der Waals surface area contributed by atoms with Crippen LogP contribution in [0.4, 0.5) is 0 Å². The standard InChI is InChI=1S/C14H17ClO/c1-10(15)11-5-7-12(8-6-11)13-3-2-4-14(16)9-13/h5-8,10,13H,2-4,9H2,1H3. The molecule has 86 valence electrons. The van der Waals surface area contributed by atoms with Gasteiger partial charge in [-0.05, 0) is 36.8 Å². The molecule has 0 radical (unpaired) electrons. The van der Waals surface area contributed by atoms with E-state index in [2.05, 4.69) is 24.3 Å². The third-order valence-electron chi connectivity index (χ3n) is 3.35. The van der Waals surface area contributed by atoms with Gasteiger partial charge in [0, 0.05) is 12.8 Å². The van der Waals surface area contributed by atoms with Crippen molar-refractivity contribution in [3.63, 3.8) is 0 Å². The van der Waals surface area contributed by atoms with Crippen LogP contribution in [0.15, 0.2) is 24.3 Å². The summed E-state index contributed by atoms with van der Waals surface area (Å²) in [5, 5.41) is 0.0574. The fourth-order valence-electron chi connectivity index (χ4n) is 2.34. The van der Waals surface area contributed by atoms with Crippen molar-refractivity contribution < 1.29 is 4.79 Å². The number of halogens is 1. The summed E-state index contributed by atoms with van der Waals surface area (Å²) in [4.78, 5) is 11.4. The second kappa shape index (κ2) is 5.01. The van der Waals surface area contributed by atoms with Gasteiger partial charge in [-0.3, -0.25) is 4.79 Å². The van der Waals surface area contributed by atoms with Crippen LogP contribution in [0.1, 0.15) is 55.0 Å². The molecule has 1 aliphatic rings. The van der Waals surface area contributed by atoms with E-state index in [0.29, 0.717) is 11.7 Å². The Hall–Kier alpha value is -0.820. The molecule has 0 heterocycles. The normalized spacial score (nSPS) is 23.1. The van der Waals surface area contributed by atoms with E-state index in [1.807, 2.05) is 6.92 Å². The van der Waals surface area contributed by atoms with Gasteiger partial charge in [0.2, 0.25) is 0 Å². The summed E-state index contributed by atoms with van der Waals surface area (Å²) in [5.41, 5.74) is 2.43. The fraction of sp³-hybridized carbons (Fsp3) is 0.500.